The van der Waals surface area contributed by atoms with Gasteiger partial charge in [-0.05, 0) is 31.2 Å². The molecule has 0 spiro atoms. The van der Waals surface area contributed by atoms with E-state index in [-0.39, 0.29) is 6.04 Å². The first kappa shape index (κ1) is 11.5. The number of nitrogens with zero attached hydrogens (tertiary/aromatic N) is 1. The van der Waals surface area contributed by atoms with Crippen molar-refractivity contribution in [2.24, 2.45) is 5.84 Å². The molecule has 2 heterocycles. The monoisotopic (exact) mass is 253 g/mol. The van der Waals surface area contributed by atoms with Crippen molar-refractivity contribution in [2.45, 2.75) is 13.0 Å². The van der Waals surface area contributed by atoms with Gasteiger partial charge in [-0.2, -0.15) is 0 Å². The number of hydrogen-bond donors (Lipinski definition) is 2. The van der Waals surface area contributed by atoms with Gasteiger partial charge in [0.15, 0.2) is 0 Å². The zero-order valence-electron chi connectivity index (χ0n) is 8.77. The Morgan fingerprint density at radius 3 is 2.69 bits per heavy atom. The molecule has 0 bridgehead atoms. The number of hydrogen-bond acceptors (Lipinski definition) is 4. The van der Waals surface area contributed by atoms with Crippen molar-refractivity contribution in [1.29, 1.82) is 0 Å². The molecule has 0 aliphatic rings. The summed E-state index contributed by atoms with van der Waals surface area (Å²) in [4.78, 5) is 6.67. The van der Waals surface area contributed by atoms with Crippen molar-refractivity contribution in [3.8, 4) is 0 Å². The Labute approximate surface area is 103 Å². The third kappa shape index (κ3) is 2.41. The molecule has 0 aliphatic carbocycles. The maximum atomic E-state index is 5.80. The SMILES string of the molecule is Cc1ccc(C(NN)c2ccc(Cl)cn2)s1. The Morgan fingerprint density at radius 2 is 2.19 bits per heavy atom. The van der Waals surface area contributed by atoms with E-state index >= 15 is 0 Å². The second-order valence-electron chi connectivity index (χ2n) is 3.45. The lowest BCUT2D eigenvalue weighted by molar-refractivity contribution is 0.630. The molecule has 0 radical (unpaired) electrons. The predicted molar refractivity (Wildman–Crippen MR) is 67.5 cm³/mol. The van der Waals surface area contributed by atoms with Crippen molar-refractivity contribution in [3.63, 3.8) is 0 Å². The van der Waals surface area contributed by atoms with Gasteiger partial charge in [-0.15, -0.1) is 11.3 Å². The van der Waals surface area contributed by atoms with Gasteiger partial charge in [0.2, 0.25) is 0 Å². The minimum absolute atomic E-state index is 0.0732. The summed E-state index contributed by atoms with van der Waals surface area (Å²) in [6.45, 7) is 2.07. The Kier molecular flexibility index (Phi) is 3.56. The van der Waals surface area contributed by atoms with Crippen LogP contribution in [0.2, 0.25) is 5.02 Å². The zero-order valence-corrected chi connectivity index (χ0v) is 10.3. The van der Waals surface area contributed by atoms with Gasteiger partial charge in [0.25, 0.3) is 0 Å². The van der Waals surface area contributed by atoms with Crippen molar-refractivity contribution in [2.75, 3.05) is 0 Å². The summed E-state index contributed by atoms with van der Waals surface area (Å²) in [5.41, 5.74) is 3.64. The first-order chi connectivity index (χ1) is 7.70. The quantitative estimate of drug-likeness (QED) is 0.653. The fourth-order valence-corrected chi connectivity index (χ4v) is 2.54. The molecule has 0 saturated heterocycles. The molecule has 2 rings (SSSR count). The molecule has 1 unspecified atom stereocenters. The van der Waals surface area contributed by atoms with Gasteiger partial charge in [0.05, 0.1) is 16.8 Å². The second-order valence-corrected chi connectivity index (χ2v) is 5.21. The number of rotatable bonds is 3. The van der Waals surface area contributed by atoms with Crippen LogP contribution in [-0.4, -0.2) is 4.98 Å². The van der Waals surface area contributed by atoms with E-state index in [0.29, 0.717) is 5.02 Å². The first-order valence-corrected chi connectivity index (χ1v) is 6.04. The predicted octanol–water partition coefficient (Wildman–Crippen LogP) is 2.66. The number of aromatic nitrogens is 1. The Morgan fingerprint density at radius 1 is 1.38 bits per heavy atom. The van der Waals surface area contributed by atoms with Crippen LogP contribution in [0.3, 0.4) is 0 Å². The van der Waals surface area contributed by atoms with E-state index in [1.807, 2.05) is 12.1 Å². The van der Waals surface area contributed by atoms with Crippen molar-refractivity contribution in [3.05, 3.63) is 50.9 Å². The Bertz CT molecular complexity index is 466. The highest BCUT2D eigenvalue weighted by Gasteiger charge is 2.15. The molecule has 3 N–H and O–H groups in total. The number of aryl methyl sites for hydroxylation is 1. The van der Waals surface area contributed by atoms with E-state index in [9.17, 15) is 0 Å². The Hall–Kier alpha value is -0.940. The molecule has 0 fully saturated rings. The number of pyridine rings is 1. The molecule has 5 heteroatoms. The molecule has 1 atom stereocenters. The van der Waals surface area contributed by atoms with Crippen LogP contribution in [-0.2, 0) is 0 Å². The summed E-state index contributed by atoms with van der Waals surface area (Å²) in [5, 5.41) is 0.627. The standard InChI is InChI=1S/C11H12ClN3S/c1-7-2-5-10(16-7)11(15-13)9-4-3-8(12)6-14-9/h2-6,11,15H,13H2,1H3. The van der Waals surface area contributed by atoms with Crippen LogP contribution in [0.25, 0.3) is 0 Å². The van der Waals surface area contributed by atoms with Gasteiger partial charge in [-0.1, -0.05) is 11.6 Å². The number of nitrogens with one attached hydrogen (secondary N) is 1. The topological polar surface area (TPSA) is 50.9 Å². The normalized spacial score (nSPS) is 12.7. The van der Waals surface area contributed by atoms with Gasteiger partial charge >= 0.3 is 0 Å². The molecule has 2 aromatic heterocycles. The average molecular weight is 254 g/mol. The third-order valence-corrected chi connectivity index (χ3v) is 3.55. The van der Waals surface area contributed by atoms with E-state index < -0.39 is 0 Å². The maximum absolute atomic E-state index is 5.80. The number of thiophene rings is 1. The molecule has 3 nitrogen and oxygen atoms in total. The van der Waals surface area contributed by atoms with Crippen LogP contribution in [0, 0.1) is 6.92 Å². The molecule has 0 aromatic carbocycles. The number of hydrazine groups is 1. The summed E-state index contributed by atoms with van der Waals surface area (Å²) in [6, 6.07) is 7.74. The van der Waals surface area contributed by atoms with E-state index in [4.69, 9.17) is 17.4 Å². The minimum atomic E-state index is -0.0732. The van der Waals surface area contributed by atoms with Crippen molar-refractivity contribution in [1.82, 2.24) is 10.4 Å². The lowest BCUT2D eigenvalue weighted by Crippen LogP contribution is -2.28. The molecule has 0 saturated carbocycles. The second kappa shape index (κ2) is 4.93. The lowest BCUT2D eigenvalue weighted by atomic mass is 10.1. The fourth-order valence-electron chi connectivity index (χ4n) is 1.48. The zero-order chi connectivity index (χ0) is 11.5. The number of nitrogens with two attached hydrogens (primary N) is 1. The summed E-state index contributed by atoms with van der Waals surface area (Å²) >= 11 is 7.50. The largest absolute Gasteiger partial charge is 0.270 e. The van der Waals surface area contributed by atoms with Crippen molar-refractivity contribution >= 4 is 22.9 Å². The highest BCUT2D eigenvalue weighted by Crippen LogP contribution is 2.26. The van der Waals surface area contributed by atoms with Gasteiger partial charge in [-0.25, -0.2) is 5.43 Å². The highest BCUT2D eigenvalue weighted by molar-refractivity contribution is 7.12. The fraction of sp³-hybridized carbons (Fsp3) is 0.182. The summed E-state index contributed by atoms with van der Waals surface area (Å²) < 4.78 is 0. The van der Waals surface area contributed by atoms with E-state index in [0.717, 1.165) is 10.6 Å². The summed E-state index contributed by atoms with van der Waals surface area (Å²) in [6.07, 6.45) is 1.63. The molecule has 0 amide bonds. The van der Waals surface area contributed by atoms with Gasteiger partial charge in [0, 0.05) is 16.0 Å². The van der Waals surface area contributed by atoms with Crippen LogP contribution >= 0.6 is 22.9 Å². The van der Waals surface area contributed by atoms with E-state index in [2.05, 4.69) is 29.5 Å². The average Bonchev–Trinajstić information content (AvgIpc) is 2.69. The smallest absolute Gasteiger partial charge is 0.0973 e. The van der Waals surface area contributed by atoms with Gasteiger partial charge in [-0.3, -0.25) is 10.8 Å². The Balaban J connectivity index is 2.32. The van der Waals surface area contributed by atoms with Crippen LogP contribution in [0.1, 0.15) is 21.5 Å². The molecule has 16 heavy (non-hydrogen) atoms. The third-order valence-electron chi connectivity index (χ3n) is 2.26. The lowest BCUT2D eigenvalue weighted by Gasteiger charge is -2.13. The van der Waals surface area contributed by atoms with Crippen LogP contribution in [0.5, 0.6) is 0 Å². The first-order valence-electron chi connectivity index (χ1n) is 4.84. The maximum Gasteiger partial charge on any atom is 0.0973 e. The summed E-state index contributed by atoms with van der Waals surface area (Å²) in [7, 11) is 0. The van der Waals surface area contributed by atoms with Gasteiger partial charge < -0.3 is 0 Å². The van der Waals surface area contributed by atoms with E-state index in [1.165, 1.54) is 4.88 Å². The highest BCUT2D eigenvalue weighted by atomic mass is 35.5. The van der Waals surface area contributed by atoms with E-state index in [1.54, 1.807) is 17.5 Å². The molecular formula is C11H12ClN3S. The molecule has 2 aromatic rings. The molecule has 0 aliphatic heterocycles. The molecule has 84 valence electrons. The molecular weight excluding hydrogens is 242 g/mol. The number of halogens is 1. The van der Waals surface area contributed by atoms with Crippen molar-refractivity contribution < 1.29 is 0 Å². The minimum Gasteiger partial charge on any atom is -0.270 e. The van der Waals surface area contributed by atoms with Crippen LogP contribution in [0.4, 0.5) is 0 Å². The van der Waals surface area contributed by atoms with Crippen LogP contribution < -0.4 is 11.3 Å². The van der Waals surface area contributed by atoms with Gasteiger partial charge in [0.1, 0.15) is 0 Å². The summed E-state index contributed by atoms with van der Waals surface area (Å²) in [5.74, 6) is 5.57. The van der Waals surface area contributed by atoms with Crippen LogP contribution in [0.15, 0.2) is 30.5 Å².